The molecule has 5 heteroatoms. The summed E-state index contributed by atoms with van der Waals surface area (Å²) in [7, 11) is 0. The molecule has 2 aromatic rings. The summed E-state index contributed by atoms with van der Waals surface area (Å²) in [5.74, 6) is -1.05. The lowest BCUT2D eigenvalue weighted by atomic mass is 10.1. The van der Waals surface area contributed by atoms with Gasteiger partial charge in [0.15, 0.2) is 0 Å². The molecule has 0 aliphatic heterocycles. The van der Waals surface area contributed by atoms with Crippen LogP contribution >= 0.6 is 0 Å². The Morgan fingerprint density at radius 2 is 1.86 bits per heavy atom. The minimum Gasteiger partial charge on any atom is -0.457 e. The Morgan fingerprint density at radius 1 is 1.14 bits per heavy atom. The van der Waals surface area contributed by atoms with Crippen molar-refractivity contribution in [2.45, 2.75) is 13.5 Å². The molecule has 2 aromatic carbocycles. The molecule has 0 spiro atoms. The highest BCUT2D eigenvalue weighted by atomic mass is 16.5. The van der Waals surface area contributed by atoms with E-state index in [1.807, 2.05) is 6.92 Å². The number of esters is 1. The molecule has 0 fully saturated rings. The highest BCUT2D eigenvalue weighted by Gasteiger charge is 2.12. The maximum atomic E-state index is 12.0. The van der Waals surface area contributed by atoms with Gasteiger partial charge in [0.1, 0.15) is 6.61 Å². The number of carbonyl (C=O) groups excluding carboxylic acids is 2. The molecule has 0 aliphatic carbocycles. The van der Waals surface area contributed by atoms with Gasteiger partial charge in [0.2, 0.25) is 5.91 Å². The van der Waals surface area contributed by atoms with E-state index in [2.05, 4.69) is 0 Å². The van der Waals surface area contributed by atoms with E-state index in [0.29, 0.717) is 22.4 Å². The van der Waals surface area contributed by atoms with Gasteiger partial charge in [0.25, 0.3) is 0 Å². The molecule has 0 atom stereocenters. The van der Waals surface area contributed by atoms with E-state index in [4.69, 9.17) is 16.2 Å². The van der Waals surface area contributed by atoms with Crippen molar-refractivity contribution in [1.29, 1.82) is 0 Å². The van der Waals surface area contributed by atoms with Crippen LogP contribution in [0.15, 0.2) is 42.5 Å². The zero-order chi connectivity index (χ0) is 15.4. The average molecular weight is 284 g/mol. The topological polar surface area (TPSA) is 95.4 Å². The summed E-state index contributed by atoms with van der Waals surface area (Å²) in [5.41, 5.74) is 13.7. The largest absolute Gasteiger partial charge is 0.457 e. The van der Waals surface area contributed by atoms with E-state index in [9.17, 15) is 9.59 Å². The normalized spacial score (nSPS) is 10.1. The number of ether oxygens (including phenoxy) is 1. The number of nitrogens with two attached hydrogens (primary N) is 2. The first-order valence-electron chi connectivity index (χ1n) is 6.40. The van der Waals surface area contributed by atoms with E-state index < -0.39 is 11.9 Å². The van der Waals surface area contributed by atoms with Gasteiger partial charge < -0.3 is 16.2 Å². The van der Waals surface area contributed by atoms with Gasteiger partial charge in [-0.2, -0.15) is 0 Å². The molecule has 1 amide bonds. The Balaban J connectivity index is 2.11. The highest BCUT2D eigenvalue weighted by Crippen LogP contribution is 2.15. The molecule has 0 aliphatic rings. The number of aryl methyl sites for hydroxylation is 1. The monoisotopic (exact) mass is 284 g/mol. The predicted molar refractivity (Wildman–Crippen MR) is 79.7 cm³/mol. The van der Waals surface area contributed by atoms with Crippen molar-refractivity contribution in [3.63, 3.8) is 0 Å². The van der Waals surface area contributed by atoms with E-state index in [1.165, 1.54) is 0 Å². The van der Waals surface area contributed by atoms with Crippen molar-refractivity contribution >= 4 is 17.6 Å². The van der Waals surface area contributed by atoms with Gasteiger partial charge in [0, 0.05) is 16.8 Å². The predicted octanol–water partition coefficient (Wildman–Crippen LogP) is 2.03. The van der Waals surface area contributed by atoms with Gasteiger partial charge in [-0.05, 0) is 30.7 Å². The van der Waals surface area contributed by atoms with Gasteiger partial charge in [-0.3, -0.25) is 4.79 Å². The summed E-state index contributed by atoms with van der Waals surface area (Å²) >= 11 is 0. The van der Waals surface area contributed by atoms with Crippen molar-refractivity contribution in [3.8, 4) is 0 Å². The van der Waals surface area contributed by atoms with Crippen LogP contribution in [0.5, 0.6) is 0 Å². The average Bonchev–Trinajstić information content (AvgIpc) is 2.47. The second kappa shape index (κ2) is 6.09. The molecule has 0 bridgehead atoms. The molecule has 0 saturated carbocycles. The third-order valence-corrected chi connectivity index (χ3v) is 3.16. The Kier molecular flexibility index (Phi) is 4.23. The molecule has 0 aromatic heterocycles. The third kappa shape index (κ3) is 3.39. The fourth-order valence-corrected chi connectivity index (χ4v) is 1.88. The summed E-state index contributed by atoms with van der Waals surface area (Å²) < 4.78 is 5.20. The molecule has 4 N–H and O–H groups in total. The van der Waals surface area contributed by atoms with Crippen molar-refractivity contribution in [1.82, 2.24) is 0 Å². The quantitative estimate of drug-likeness (QED) is 0.663. The minimum atomic E-state index is -0.554. The van der Waals surface area contributed by atoms with Crippen molar-refractivity contribution in [2.75, 3.05) is 5.73 Å². The Hall–Kier alpha value is -2.82. The van der Waals surface area contributed by atoms with Crippen LogP contribution in [0, 0.1) is 6.92 Å². The first-order valence-corrected chi connectivity index (χ1v) is 6.40. The van der Waals surface area contributed by atoms with Crippen LogP contribution in [0.25, 0.3) is 0 Å². The Labute approximate surface area is 122 Å². The maximum absolute atomic E-state index is 12.0. The van der Waals surface area contributed by atoms with Crippen LogP contribution in [-0.4, -0.2) is 11.9 Å². The number of anilines is 1. The summed E-state index contributed by atoms with van der Waals surface area (Å²) in [5, 5.41) is 0. The van der Waals surface area contributed by atoms with Crippen LogP contribution in [-0.2, 0) is 11.3 Å². The van der Waals surface area contributed by atoms with E-state index in [-0.39, 0.29) is 6.61 Å². The standard InChI is InChI=1S/C16H16N2O3/c1-10-6-7-11(8-14(10)17)16(20)21-9-12-4-2-3-5-13(12)15(18)19/h2-8H,9,17H2,1H3,(H2,18,19). The van der Waals surface area contributed by atoms with Gasteiger partial charge in [-0.1, -0.05) is 24.3 Å². The molecule has 0 saturated heterocycles. The zero-order valence-electron chi connectivity index (χ0n) is 11.6. The molecular weight excluding hydrogens is 268 g/mol. The molecule has 21 heavy (non-hydrogen) atoms. The number of hydrogen-bond donors (Lipinski definition) is 2. The van der Waals surface area contributed by atoms with Crippen molar-refractivity contribution in [2.24, 2.45) is 5.73 Å². The van der Waals surface area contributed by atoms with Gasteiger partial charge in [-0.25, -0.2) is 4.79 Å². The molecule has 108 valence electrons. The first kappa shape index (κ1) is 14.6. The van der Waals surface area contributed by atoms with E-state index in [0.717, 1.165) is 5.56 Å². The maximum Gasteiger partial charge on any atom is 0.338 e. The number of amides is 1. The fraction of sp³-hybridized carbons (Fsp3) is 0.125. The number of carbonyl (C=O) groups is 2. The second-order valence-corrected chi connectivity index (χ2v) is 4.67. The third-order valence-electron chi connectivity index (χ3n) is 3.16. The van der Waals surface area contributed by atoms with Crippen LogP contribution in [0.2, 0.25) is 0 Å². The SMILES string of the molecule is Cc1ccc(C(=O)OCc2ccccc2C(N)=O)cc1N. The minimum absolute atomic E-state index is 0.0221. The van der Waals surface area contributed by atoms with Gasteiger partial charge >= 0.3 is 5.97 Å². The smallest absolute Gasteiger partial charge is 0.338 e. The van der Waals surface area contributed by atoms with Crippen molar-refractivity contribution in [3.05, 3.63) is 64.7 Å². The Bertz CT molecular complexity index is 696. The van der Waals surface area contributed by atoms with Crippen LogP contribution < -0.4 is 11.5 Å². The number of primary amides is 1. The Morgan fingerprint density at radius 3 is 2.52 bits per heavy atom. The van der Waals surface area contributed by atoms with Crippen LogP contribution in [0.1, 0.15) is 31.8 Å². The zero-order valence-corrected chi connectivity index (χ0v) is 11.6. The molecule has 0 heterocycles. The lowest BCUT2D eigenvalue weighted by Gasteiger charge is -2.09. The summed E-state index contributed by atoms with van der Waals surface area (Å²) in [6.07, 6.45) is 0. The fourth-order valence-electron chi connectivity index (χ4n) is 1.88. The summed E-state index contributed by atoms with van der Waals surface area (Å²) in [4.78, 5) is 23.3. The molecular formula is C16H16N2O3. The second-order valence-electron chi connectivity index (χ2n) is 4.67. The summed E-state index contributed by atoms with van der Waals surface area (Å²) in [6, 6.07) is 11.7. The van der Waals surface area contributed by atoms with E-state index in [1.54, 1.807) is 42.5 Å². The first-order chi connectivity index (χ1) is 9.99. The lowest BCUT2D eigenvalue weighted by Crippen LogP contribution is -2.15. The van der Waals surface area contributed by atoms with Gasteiger partial charge in [-0.15, -0.1) is 0 Å². The number of hydrogen-bond acceptors (Lipinski definition) is 4. The van der Waals surface area contributed by atoms with Crippen molar-refractivity contribution < 1.29 is 14.3 Å². The highest BCUT2D eigenvalue weighted by molar-refractivity contribution is 5.94. The number of benzene rings is 2. The molecule has 0 radical (unpaired) electrons. The van der Waals surface area contributed by atoms with Gasteiger partial charge in [0.05, 0.1) is 5.56 Å². The van der Waals surface area contributed by atoms with Crippen LogP contribution in [0.3, 0.4) is 0 Å². The summed E-state index contributed by atoms with van der Waals surface area (Å²) in [6.45, 7) is 1.83. The number of nitrogen functional groups attached to an aromatic ring is 1. The van der Waals surface area contributed by atoms with Crippen LogP contribution in [0.4, 0.5) is 5.69 Å². The molecule has 2 rings (SSSR count). The molecule has 0 unspecified atom stereocenters. The number of rotatable bonds is 4. The molecule has 5 nitrogen and oxygen atoms in total. The lowest BCUT2D eigenvalue weighted by molar-refractivity contribution is 0.0470. The van der Waals surface area contributed by atoms with E-state index >= 15 is 0 Å².